The van der Waals surface area contributed by atoms with Gasteiger partial charge in [0.15, 0.2) is 0 Å². The molecule has 1 atom stereocenters. The summed E-state index contributed by atoms with van der Waals surface area (Å²) in [5.74, 6) is 0.290. The van der Waals surface area contributed by atoms with Crippen LogP contribution in [0.3, 0.4) is 0 Å². The lowest BCUT2D eigenvalue weighted by atomic mass is 10.1. The smallest absolute Gasteiger partial charge is 0.236 e. The molecule has 1 unspecified atom stereocenters. The molecule has 2 aliphatic heterocycles. The first-order valence-electron chi connectivity index (χ1n) is 8.47. The van der Waals surface area contributed by atoms with Gasteiger partial charge in [0, 0.05) is 51.2 Å². The SMILES string of the molecule is Cl.O=C(CN1CCNCC1c1cccnc1)N1CCCCCC1. The van der Waals surface area contributed by atoms with Crippen LogP contribution in [-0.2, 0) is 4.79 Å². The third kappa shape index (κ3) is 4.90. The molecule has 3 heterocycles. The second-order valence-corrected chi connectivity index (χ2v) is 6.27. The fourth-order valence-electron chi connectivity index (χ4n) is 3.43. The molecule has 0 bridgehead atoms. The number of pyridine rings is 1. The van der Waals surface area contributed by atoms with E-state index in [1.807, 2.05) is 12.3 Å². The van der Waals surface area contributed by atoms with Gasteiger partial charge in [0.25, 0.3) is 0 Å². The molecule has 5 nitrogen and oxygen atoms in total. The molecule has 128 valence electrons. The third-order valence-electron chi connectivity index (χ3n) is 4.72. The number of aromatic nitrogens is 1. The Kier molecular flexibility index (Phi) is 7.27. The molecule has 23 heavy (non-hydrogen) atoms. The van der Waals surface area contributed by atoms with Crippen molar-refractivity contribution < 1.29 is 4.79 Å². The Hall–Kier alpha value is -1.17. The molecule has 0 radical (unpaired) electrons. The topological polar surface area (TPSA) is 48.5 Å². The summed E-state index contributed by atoms with van der Waals surface area (Å²) in [5, 5.41) is 3.43. The molecular formula is C17H27ClN4O. The zero-order valence-corrected chi connectivity index (χ0v) is 14.4. The predicted octanol–water partition coefficient (Wildman–Crippen LogP) is 1.85. The largest absolute Gasteiger partial charge is 0.342 e. The number of likely N-dealkylation sites (tertiary alicyclic amines) is 1. The number of nitrogens with one attached hydrogen (secondary N) is 1. The summed E-state index contributed by atoms with van der Waals surface area (Å²) in [6, 6.07) is 4.32. The fourth-order valence-corrected chi connectivity index (χ4v) is 3.43. The lowest BCUT2D eigenvalue weighted by Crippen LogP contribution is -2.50. The maximum atomic E-state index is 12.6. The average Bonchev–Trinajstić information content (AvgIpc) is 2.85. The van der Waals surface area contributed by atoms with Crippen molar-refractivity contribution in [3.05, 3.63) is 30.1 Å². The van der Waals surface area contributed by atoms with E-state index in [2.05, 4.69) is 26.2 Å². The van der Waals surface area contributed by atoms with Gasteiger partial charge in [-0.1, -0.05) is 18.9 Å². The number of carbonyl (C=O) groups is 1. The number of rotatable bonds is 3. The molecule has 3 rings (SSSR count). The van der Waals surface area contributed by atoms with E-state index in [9.17, 15) is 4.79 Å². The van der Waals surface area contributed by atoms with E-state index < -0.39 is 0 Å². The van der Waals surface area contributed by atoms with Crippen molar-refractivity contribution in [2.75, 3.05) is 39.3 Å². The monoisotopic (exact) mass is 338 g/mol. The number of hydrogen-bond acceptors (Lipinski definition) is 4. The van der Waals surface area contributed by atoms with Gasteiger partial charge in [-0.3, -0.25) is 14.7 Å². The Morgan fingerprint density at radius 2 is 2.00 bits per heavy atom. The number of piperazine rings is 1. The van der Waals surface area contributed by atoms with E-state index in [-0.39, 0.29) is 24.4 Å². The van der Waals surface area contributed by atoms with Crippen LogP contribution in [0.15, 0.2) is 24.5 Å². The van der Waals surface area contributed by atoms with Crippen molar-refractivity contribution in [3.63, 3.8) is 0 Å². The molecule has 1 N–H and O–H groups in total. The van der Waals surface area contributed by atoms with Crippen LogP contribution in [0.2, 0.25) is 0 Å². The van der Waals surface area contributed by atoms with Crippen LogP contribution in [0.25, 0.3) is 0 Å². The van der Waals surface area contributed by atoms with E-state index in [0.717, 1.165) is 45.6 Å². The Labute approximate surface area is 144 Å². The highest BCUT2D eigenvalue weighted by molar-refractivity contribution is 5.85. The molecule has 0 aromatic carbocycles. The second-order valence-electron chi connectivity index (χ2n) is 6.27. The van der Waals surface area contributed by atoms with Gasteiger partial charge >= 0.3 is 0 Å². The number of nitrogens with zero attached hydrogens (tertiary/aromatic N) is 3. The normalized spacial score (nSPS) is 23.0. The highest BCUT2D eigenvalue weighted by Crippen LogP contribution is 2.21. The maximum absolute atomic E-state index is 12.6. The van der Waals surface area contributed by atoms with Gasteiger partial charge in [0.05, 0.1) is 6.54 Å². The van der Waals surface area contributed by atoms with Crippen LogP contribution < -0.4 is 5.32 Å². The Morgan fingerprint density at radius 1 is 1.22 bits per heavy atom. The van der Waals surface area contributed by atoms with Crippen molar-refractivity contribution in [1.29, 1.82) is 0 Å². The predicted molar refractivity (Wildman–Crippen MR) is 93.7 cm³/mol. The van der Waals surface area contributed by atoms with E-state index >= 15 is 0 Å². The summed E-state index contributed by atoms with van der Waals surface area (Å²) in [4.78, 5) is 21.2. The second kappa shape index (κ2) is 9.21. The summed E-state index contributed by atoms with van der Waals surface area (Å²) in [5.41, 5.74) is 1.19. The molecule has 0 spiro atoms. The van der Waals surface area contributed by atoms with Gasteiger partial charge in [-0.25, -0.2) is 0 Å². The van der Waals surface area contributed by atoms with Crippen LogP contribution >= 0.6 is 12.4 Å². The minimum atomic E-state index is 0. The van der Waals surface area contributed by atoms with Crippen LogP contribution in [0.1, 0.15) is 37.3 Å². The van der Waals surface area contributed by atoms with Gasteiger partial charge in [-0.05, 0) is 24.5 Å². The first-order valence-corrected chi connectivity index (χ1v) is 8.47. The van der Waals surface area contributed by atoms with Crippen LogP contribution in [0.5, 0.6) is 0 Å². The molecule has 6 heteroatoms. The number of halogens is 1. The number of amides is 1. The van der Waals surface area contributed by atoms with Gasteiger partial charge < -0.3 is 10.2 Å². The van der Waals surface area contributed by atoms with Gasteiger partial charge in [0.1, 0.15) is 0 Å². The fraction of sp³-hybridized carbons (Fsp3) is 0.647. The Morgan fingerprint density at radius 3 is 2.70 bits per heavy atom. The van der Waals surface area contributed by atoms with E-state index in [1.165, 1.54) is 18.4 Å². The zero-order chi connectivity index (χ0) is 15.2. The van der Waals surface area contributed by atoms with Crippen LogP contribution in [0, 0.1) is 0 Å². The van der Waals surface area contributed by atoms with Crippen LogP contribution in [0.4, 0.5) is 0 Å². The molecule has 2 aliphatic rings. The van der Waals surface area contributed by atoms with Gasteiger partial charge in [0.2, 0.25) is 5.91 Å². The first kappa shape index (κ1) is 18.2. The summed E-state index contributed by atoms with van der Waals surface area (Å²) in [7, 11) is 0. The average molecular weight is 339 g/mol. The molecule has 1 amide bonds. The van der Waals surface area contributed by atoms with Crippen molar-refractivity contribution >= 4 is 18.3 Å². The Bertz CT molecular complexity index is 477. The minimum Gasteiger partial charge on any atom is -0.342 e. The van der Waals surface area contributed by atoms with Crippen LogP contribution in [-0.4, -0.2) is 60.0 Å². The van der Waals surface area contributed by atoms with E-state index in [4.69, 9.17) is 0 Å². The van der Waals surface area contributed by atoms with E-state index in [1.54, 1.807) is 6.20 Å². The van der Waals surface area contributed by atoms with E-state index in [0.29, 0.717) is 6.54 Å². The third-order valence-corrected chi connectivity index (χ3v) is 4.72. The molecule has 1 aromatic rings. The van der Waals surface area contributed by atoms with Gasteiger partial charge in [-0.15, -0.1) is 12.4 Å². The zero-order valence-electron chi connectivity index (χ0n) is 13.6. The van der Waals surface area contributed by atoms with Crippen molar-refractivity contribution in [1.82, 2.24) is 20.1 Å². The molecule has 0 aliphatic carbocycles. The molecule has 2 fully saturated rings. The Balaban J connectivity index is 0.00000192. The summed E-state index contributed by atoms with van der Waals surface area (Å²) in [6.07, 6.45) is 8.54. The lowest BCUT2D eigenvalue weighted by molar-refractivity contribution is -0.133. The molecule has 1 aromatic heterocycles. The maximum Gasteiger partial charge on any atom is 0.236 e. The molecule has 2 saturated heterocycles. The number of carbonyl (C=O) groups excluding carboxylic acids is 1. The number of hydrogen-bond donors (Lipinski definition) is 1. The molecular weight excluding hydrogens is 312 g/mol. The van der Waals surface area contributed by atoms with Crippen molar-refractivity contribution in [2.45, 2.75) is 31.7 Å². The van der Waals surface area contributed by atoms with Crippen molar-refractivity contribution in [3.8, 4) is 0 Å². The summed E-state index contributed by atoms with van der Waals surface area (Å²) < 4.78 is 0. The quantitative estimate of drug-likeness (QED) is 0.913. The standard InChI is InChI=1S/C17H26N4O.ClH/c22-17(20-9-3-1-2-4-10-20)14-21-11-8-19-13-16(21)15-6-5-7-18-12-15;/h5-7,12,16,19H,1-4,8-11,13-14H2;1H. The summed E-state index contributed by atoms with van der Waals surface area (Å²) in [6.45, 7) is 5.15. The van der Waals surface area contributed by atoms with Gasteiger partial charge in [-0.2, -0.15) is 0 Å². The highest BCUT2D eigenvalue weighted by Gasteiger charge is 2.27. The summed E-state index contributed by atoms with van der Waals surface area (Å²) >= 11 is 0. The minimum absolute atomic E-state index is 0. The first-order chi connectivity index (χ1) is 10.8. The lowest BCUT2D eigenvalue weighted by Gasteiger charge is -2.37. The van der Waals surface area contributed by atoms with Crippen molar-refractivity contribution in [2.24, 2.45) is 0 Å². The molecule has 0 saturated carbocycles. The highest BCUT2D eigenvalue weighted by atomic mass is 35.5.